The minimum absolute atomic E-state index is 0.929. The van der Waals surface area contributed by atoms with E-state index >= 15 is 0 Å². The molecule has 4 nitrogen and oxygen atoms in total. The molecule has 2 aromatic rings. The van der Waals surface area contributed by atoms with Crippen molar-refractivity contribution in [2.45, 2.75) is 19.4 Å². The maximum absolute atomic E-state index is 4.42. The van der Waals surface area contributed by atoms with Gasteiger partial charge >= 0.3 is 0 Å². The molecular formula is C20H28N4S. The topological polar surface area (TPSA) is 30.9 Å². The summed E-state index contributed by atoms with van der Waals surface area (Å²) in [5, 5.41) is 5.65. The van der Waals surface area contributed by atoms with Gasteiger partial charge in [0, 0.05) is 51.7 Å². The summed E-state index contributed by atoms with van der Waals surface area (Å²) >= 11 is 1.82. The zero-order valence-corrected chi connectivity index (χ0v) is 16.1. The number of likely N-dealkylation sites (N-methyl/N-ethyl adjacent to an activating group) is 1. The average molecular weight is 357 g/mol. The molecule has 0 unspecified atom stereocenters. The van der Waals surface area contributed by atoms with Gasteiger partial charge in [-0.2, -0.15) is 0 Å². The van der Waals surface area contributed by atoms with E-state index in [4.69, 9.17) is 0 Å². The second-order valence-electron chi connectivity index (χ2n) is 6.52. The third-order valence-electron chi connectivity index (χ3n) is 4.77. The van der Waals surface area contributed by atoms with Crippen LogP contribution in [0.1, 0.15) is 16.0 Å². The third kappa shape index (κ3) is 5.06. The Labute approximate surface area is 155 Å². The van der Waals surface area contributed by atoms with Gasteiger partial charge in [0.15, 0.2) is 5.96 Å². The smallest absolute Gasteiger partial charge is 0.193 e. The minimum atomic E-state index is 0.929. The number of nitrogens with one attached hydrogen (secondary N) is 1. The lowest BCUT2D eigenvalue weighted by Gasteiger charge is -2.29. The number of hydrogen-bond donors (Lipinski definition) is 1. The lowest BCUT2D eigenvalue weighted by Crippen LogP contribution is -2.44. The number of rotatable bonds is 6. The van der Waals surface area contributed by atoms with Crippen LogP contribution in [0.2, 0.25) is 0 Å². The van der Waals surface area contributed by atoms with Crippen LogP contribution >= 0.6 is 11.3 Å². The largest absolute Gasteiger partial charge is 0.355 e. The molecule has 0 aliphatic carbocycles. The molecule has 25 heavy (non-hydrogen) atoms. The van der Waals surface area contributed by atoms with Gasteiger partial charge in [0.25, 0.3) is 0 Å². The molecule has 3 rings (SSSR count). The minimum Gasteiger partial charge on any atom is -0.355 e. The first kappa shape index (κ1) is 18.0. The number of guanidine groups is 1. The molecule has 1 aromatic carbocycles. The van der Waals surface area contributed by atoms with E-state index in [1.54, 1.807) is 0 Å². The van der Waals surface area contributed by atoms with E-state index in [2.05, 4.69) is 68.9 Å². The van der Waals surface area contributed by atoms with Gasteiger partial charge < -0.3 is 10.2 Å². The van der Waals surface area contributed by atoms with Crippen molar-refractivity contribution >= 4 is 17.3 Å². The molecular weight excluding hydrogens is 328 g/mol. The lowest BCUT2D eigenvalue weighted by molar-refractivity contribution is 0.257. The van der Waals surface area contributed by atoms with E-state index < -0.39 is 0 Å². The van der Waals surface area contributed by atoms with Gasteiger partial charge in [-0.15, -0.1) is 11.3 Å². The van der Waals surface area contributed by atoms with Crippen LogP contribution in [0.15, 0.2) is 46.8 Å². The Morgan fingerprint density at radius 2 is 2.08 bits per heavy atom. The highest BCUT2D eigenvalue weighted by molar-refractivity contribution is 7.09. The summed E-state index contributed by atoms with van der Waals surface area (Å²) < 4.78 is 0. The zero-order valence-electron chi connectivity index (χ0n) is 15.2. The first-order valence-electron chi connectivity index (χ1n) is 8.99. The van der Waals surface area contributed by atoms with Gasteiger partial charge in [-0.25, -0.2) is 0 Å². The Balaban J connectivity index is 1.41. The highest BCUT2D eigenvalue weighted by Gasteiger charge is 2.15. The SMILES string of the molecule is CN=C(NCCN1CCc2ccccc2C1)N(C)CCc1cccs1. The van der Waals surface area contributed by atoms with E-state index in [9.17, 15) is 0 Å². The summed E-state index contributed by atoms with van der Waals surface area (Å²) in [5.74, 6) is 0.981. The lowest BCUT2D eigenvalue weighted by atomic mass is 10.00. The molecule has 0 fully saturated rings. The van der Waals surface area contributed by atoms with Gasteiger partial charge in [0.05, 0.1) is 0 Å². The normalized spacial score (nSPS) is 15.0. The molecule has 134 valence electrons. The van der Waals surface area contributed by atoms with Gasteiger partial charge in [0.1, 0.15) is 0 Å². The molecule has 0 saturated heterocycles. The monoisotopic (exact) mass is 356 g/mol. The van der Waals surface area contributed by atoms with Crippen molar-refractivity contribution in [3.8, 4) is 0 Å². The molecule has 0 spiro atoms. The van der Waals surface area contributed by atoms with Crippen molar-refractivity contribution in [1.29, 1.82) is 0 Å². The van der Waals surface area contributed by atoms with Crippen LogP contribution in [0.25, 0.3) is 0 Å². The van der Waals surface area contributed by atoms with E-state index in [0.29, 0.717) is 0 Å². The molecule has 1 N–H and O–H groups in total. The predicted octanol–water partition coefficient (Wildman–Crippen LogP) is 2.86. The van der Waals surface area contributed by atoms with Gasteiger partial charge in [0.2, 0.25) is 0 Å². The Morgan fingerprint density at radius 3 is 2.84 bits per heavy atom. The molecule has 0 bridgehead atoms. The van der Waals surface area contributed by atoms with Crippen molar-refractivity contribution in [1.82, 2.24) is 15.1 Å². The quantitative estimate of drug-likeness (QED) is 0.638. The molecule has 0 radical (unpaired) electrons. The van der Waals surface area contributed by atoms with E-state index in [-0.39, 0.29) is 0 Å². The van der Waals surface area contributed by atoms with Crippen molar-refractivity contribution in [3.05, 3.63) is 57.8 Å². The summed E-state index contributed by atoms with van der Waals surface area (Å²) in [7, 11) is 3.97. The summed E-state index contributed by atoms with van der Waals surface area (Å²) in [6.07, 6.45) is 2.23. The van der Waals surface area contributed by atoms with Crippen LogP contribution in [0.5, 0.6) is 0 Å². The van der Waals surface area contributed by atoms with Crippen LogP contribution in [-0.2, 0) is 19.4 Å². The summed E-state index contributed by atoms with van der Waals surface area (Å²) in [5.41, 5.74) is 2.99. The number of thiophene rings is 1. The van der Waals surface area contributed by atoms with Crippen LogP contribution in [0.3, 0.4) is 0 Å². The fourth-order valence-corrected chi connectivity index (χ4v) is 3.99. The molecule has 0 atom stereocenters. The third-order valence-corrected chi connectivity index (χ3v) is 5.70. The molecule has 1 aliphatic heterocycles. The van der Waals surface area contributed by atoms with E-state index in [1.807, 2.05) is 18.4 Å². The number of nitrogens with zero attached hydrogens (tertiary/aromatic N) is 3. The molecule has 0 amide bonds. The summed E-state index contributed by atoms with van der Waals surface area (Å²) in [6, 6.07) is 13.1. The van der Waals surface area contributed by atoms with Crippen molar-refractivity contribution in [3.63, 3.8) is 0 Å². The average Bonchev–Trinajstić information content (AvgIpc) is 3.17. The second-order valence-corrected chi connectivity index (χ2v) is 7.55. The summed E-state index contributed by atoms with van der Waals surface area (Å²) in [4.78, 5) is 10.6. The Kier molecular flexibility index (Phi) is 6.48. The number of hydrogen-bond acceptors (Lipinski definition) is 3. The Morgan fingerprint density at radius 1 is 1.24 bits per heavy atom. The molecule has 1 aromatic heterocycles. The van der Waals surface area contributed by atoms with Crippen LogP contribution in [0, 0.1) is 0 Å². The van der Waals surface area contributed by atoms with Crippen LogP contribution < -0.4 is 5.32 Å². The van der Waals surface area contributed by atoms with Gasteiger partial charge in [-0.1, -0.05) is 30.3 Å². The highest BCUT2D eigenvalue weighted by Crippen LogP contribution is 2.17. The molecule has 1 aliphatic rings. The van der Waals surface area contributed by atoms with Crippen LogP contribution in [0.4, 0.5) is 0 Å². The Hall–Kier alpha value is -1.85. The number of fused-ring (bicyclic) bond motifs is 1. The fraction of sp³-hybridized carbons (Fsp3) is 0.450. The van der Waals surface area contributed by atoms with Crippen molar-refractivity contribution in [2.75, 3.05) is 40.3 Å². The maximum atomic E-state index is 4.42. The van der Waals surface area contributed by atoms with Crippen molar-refractivity contribution in [2.24, 2.45) is 4.99 Å². The second kappa shape index (κ2) is 9.02. The van der Waals surface area contributed by atoms with E-state index in [1.165, 1.54) is 16.0 Å². The number of aliphatic imine (C=N–C) groups is 1. The van der Waals surface area contributed by atoms with Crippen LogP contribution in [-0.4, -0.2) is 56.0 Å². The first-order valence-corrected chi connectivity index (χ1v) is 9.87. The molecule has 2 heterocycles. The highest BCUT2D eigenvalue weighted by atomic mass is 32.1. The zero-order chi connectivity index (χ0) is 17.5. The molecule has 0 saturated carbocycles. The fourth-order valence-electron chi connectivity index (χ4n) is 3.29. The van der Waals surface area contributed by atoms with E-state index in [0.717, 1.165) is 51.5 Å². The van der Waals surface area contributed by atoms with Crippen molar-refractivity contribution < 1.29 is 0 Å². The number of benzene rings is 1. The predicted molar refractivity (Wildman–Crippen MR) is 107 cm³/mol. The Bertz CT molecular complexity index is 681. The van der Waals surface area contributed by atoms with Gasteiger partial charge in [-0.3, -0.25) is 9.89 Å². The maximum Gasteiger partial charge on any atom is 0.193 e. The van der Waals surface area contributed by atoms with Gasteiger partial charge in [-0.05, 0) is 35.4 Å². The molecule has 5 heteroatoms. The standard InChI is InChI=1S/C20H28N4S/c1-21-20(23(2)12-10-19-8-5-15-25-19)22-11-14-24-13-9-17-6-3-4-7-18(17)16-24/h3-8,15H,9-14,16H2,1-2H3,(H,21,22). The summed E-state index contributed by atoms with van der Waals surface area (Å²) in [6.45, 7) is 5.16. The first-order chi connectivity index (χ1) is 12.3.